The lowest BCUT2D eigenvalue weighted by Crippen LogP contribution is -2.49. The van der Waals surface area contributed by atoms with Crippen molar-refractivity contribution in [2.24, 2.45) is 34.5 Å². The summed E-state index contributed by atoms with van der Waals surface area (Å²) in [6.45, 7) is 28.0. The number of hydrogen-bond acceptors (Lipinski definition) is 2. The lowest BCUT2D eigenvalue weighted by Gasteiger charge is -2.54. The van der Waals surface area contributed by atoms with Crippen LogP contribution in [0.25, 0.3) is 21.8 Å². The molecule has 2 aromatic heterocycles. The Morgan fingerprint density at radius 3 is 1.27 bits per heavy atom. The Morgan fingerprint density at radius 1 is 0.538 bits per heavy atom. The first-order chi connectivity index (χ1) is 24.1. The molecule has 2 saturated carbocycles. The number of rotatable bonds is 0. The van der Waals surface area contributed by atoms with Crippen molar-refractivity contribution in [2.45, 2.75) is 155 Å². The van der Waals surface area contributed by atoms with Gasteiger partial charge in [0.1, 0.15) is 11.6 Å². The maximum Gasteiger partial charge on any atom is 0.138 e. The Kier molecular flexibility index (Phi) is 6.88. The molecule has 0 aliphatic heterocycles. The van der Waals surface area contributed by atoms with Gasteiger partial charge in [-0.15, -0.1) is 0 Å². The molecule has 4 aromatic rings. The van der Waals surface area contributed by atoms with Crippen LogP contribution in [0.15, 0.2) is 36.4 Å². The highest BCUT2D eigenvalue weighted by Gasteiger charge is 2.60. The molecule has 4 nitrogen and oxygen atoms in total. The molecule has 2 N–H and O–H groups in total. The molecular weight excluding hydrogens is 637 g/mol. The largest absolute Gasteiger partial charge is 0.358 e. The van der Waals surface area contributed by atoms with Crippen LogP contribution < -0.4 is 0 Å². The summed E-state index contributed by atoms with van der Waals surface area (Å²) < 4.78 is 0. The van der Waals surface area contributed by atoms with Gasteiger partial charge < -0.3 is 9.97 Å². The first-order valence-corrected chi connectivity index (χ1v) is 20.5. The van der Waals surface area contributed by atoms with E-state index in [0.717, 1.165) is 12.8 Å². The van der Waals surface area contributed by atoms with Gasteiger partial charge in [-0.05, 0) is 93.6 Å². The SMILES string of the molecule is CC1(C)CC(=O)[C@@H]2[C@@H]3c4c1[nH]c1cccc(c41)C(C)(C)[C@H]3CCC2(C)C.CC1(C)CC(=O)[C@@H]2[C@@H]3c4c1[nH]c1cccc(c41)C(C)(C)[C@H]3CCC2(C)C. The van der Waals surface area contributed by atoms with Crippen LogP contribution in [0.1, 0.15) is 167 Å². The van der Waals surface area contributed by atoms with Crippen LogP contribution in [0.5, 0.6) is 0 Å². The van der Waals surface area contributed by atoms with Gasteiger partial charge in [-0.3, -0.25) is 9.59 Å². The molecule has 0 bridgehead atoms. The van der Waals surface area contributed by atoms with Crippen molar-refractivity contribution in [3.63, 3.8) is 0 Å². The molecule has 4 heteroatoms. The van der Waals surface area contributed by atoms with Gasteiger partial charge in [0.25, 0.3) is 0 Å². The van der Waals surface area contributed by atoms with Crippen molar-refractivity contribution >= 4 is 33.4 Å². The van der Waals surface area contributed by atoms with Gasteiger partial charge in [0.2, 0.25) is 0 Å². The molecule has 276 valence electrons. The molecule has 6 aliphatic rings. The molecule has 0 spiro atoms. The first kappa shape index (κ1) is 34.6. The average molecular weight is 699 g/mol. The van der Waals surface area contributed by atoms with Gasteiger partial charge in [0.15, 0.2) is 0 Å². The maximum absolute atomic E-state index is 13.5. The normalized spacial score (nSPS) is 33.2. The summed E-state index contributed by atoms with van der Waals surface area (Å²) in [5.74, 6) is 3.09. The number of Topliss-reactive ketones (excluding diaryl/α,β-unsaturated/α-hetero) is 2. The second kappa shape index (κ2) is 10.3. The van der Waals surface area contributed by atoms with E-state index in [1.165, 1.54) is 68.3 Å². The van der Waals surface area contributed by atoms with Gasteiger partial charge in [0.05, 0.1) is 0 Å². The van der Waals surface area contributed by atoms with Crippen LogP contribution in [-0.2, 0) is 31.2 Å². The summed E-state index contributed by atoms with van der Waals surface area (Å²) in [4.78, 5) is 34.7. The fraction of sp³-hybridized carbons (Fsp3) is 0.625. The molecule has 0 amide bonds. The van der Waals surface area contributed by atoms with Crippen molar-refractivity contribution < 1.29 is 9.59 Å². The second-order valence-corrected chi connectivity index (χ2v) is 22.1. The van der Waals surface area contributed by atoms with Crippen molar-refractivity contribution in [1.82, 2.24) is 9.97 Å². The minimum Gasteiger partial charge on any atom is -0.358 e. The third kappa shape index (κ3) is 4.33. The quantitative estimate of drug-likeness (QED) is 0.192. The van der Waals surface area contributed by atoms with Gasteiger partial charge in [-0.2, -0.15) is 0 Å². The number of benzene rings is 2. The van der Waals surface area contributed by atoms with Gasteiger partial charge in [0, 0.05) is 80.5 Å². The number of carbonyl (C=O) groups is 2. The lowest BCUT2D eigenvalue weighted by molar-refractivity contribution is -0.132. The van der Waals surface area contributed by atoms with Crippen molar-refractivity contribution in [1.29, 1.82) is 0 Å². The third-order valence-electron chi connectivity index (χ3n) is 16.4. The number of ketones is 2. The maximum atomic E-state index is 13.5. The van der Waals surface area contributed by atoms with Crippen LogP contribution in [0.2, 0.25) is 0 Å². The number of H-pyrrole nitrogens is 2. The summed E-state index contributed by atoms with van der Waals surface area (Å²) in [5, 5.41) is 2.86. The molecular formula is C48H62N2O2. The summed E-state index contributed by atoms with van der Waals surface area (Å²) in [5.41, 5.74) is 11.3. The van der Waals surface area contributed by atoms with Crippen LogP contribution in [-0.4, -0.2) is 21.5 Å². The summed E-state index contributed by atoms with van der Waals surface area (Å²) in [7, 11) is 0. The van der Waals surface area contributed by atoms with Gasteiger partial charge in [-0.1, -0.05) is 107 Å². The van der Waals surface area contributed by atoms with Crippen LogP contribution in [0.3, 0.4) is 0 Å². The number of aromatic amines is 2. The smallest absolute Gasteiger partial charge is 0.138 e. The Balaban J connectivity index is 0.000000138. The second-order valence-electron chi connectivity index (χ2n) is 22.1. The highest BCUT2D eigenvalue weighted by Crippen LogP contribution is 2.66. The summed E-state index contributed by atoms with van der Waals surface area (Å²) >= 11 is 0. The Bertz CT molecular complexity index is 2040. The lowest BCUT2D eigenvalue weighted by atomic mass is 9.49. The Hall–Kier alpha value is -3.14. The van der Waals surface area contributed by atoms with Gasteiger partial charge >= 0.3 is 0 Å². The molecule has 0 saturated heterocycles. The fourth-order valence-electron chi connectivity index (χ4n) is 13.8. The highest BCUT2D eigenvalue weighted by molar-refractivity contribution is 5.96. The van der Waals surface area contributed by atoms with Crippen LogP contribution >= 0.6 is 0 Å². The van der Waals surface area contributed by atoms with E-state index in [4.69, 9.17) is 0 Å². The molecule has 6 aliphatic carbocycles. The zero-order chi connectivity index (χ0) is 37.3. The molecule has 2 aromatic carbocycles. The van der Waals surface area contributed by atoms with E-state index in [1.807, 2.05) is 0 Å². The van der Waals surface area contributed by atoms with E-state index < -0.39 is 0 Å². The van der Waals surface area contributed by atoms with Crippen molar-refractivity contribution in [3.05, 3.63) is 70.0 Å². The average Bonchev–Trinajstić information content (AvgIpc) is 3.58. The number of nitrogens with one attached hydrogen (secondary N) is 2. The van der Waals surface area contributed by atoms with E-state index in [0.29, 0.717) is 48.1 Å². The van der Waals surface area contributed by atoms with Crippen LogP contribution in [0.4, 0.5) is 0 Å². The zero-order valence-electron chi connectivity index (χ0n) is 34.0. The van der Waals surface area contributed by atoms with Crippen molar-refractivity contribution in [2.75, 3.05) is 0 Å². The highest BCUT2D eigenvalue weighted by atomic mass is 16.1. The molecule has 10 rings (SSSR count). The number of aromatic nitrogens is 2. The molecule has 2 fully saturated rings. The van der Waals surface area contributed by atoms with Crippen molar-refractivity contribution in [3.8, 4) is 0 Å². The molecule has 0 radical (unpaired) electrons. The Labute approximate surface area is 311 Å². The van der Waals surface area contributed by atoms with Gasteiger partial charge in [-0.25, -0.2) is 0 Å². The minimum absolute atomic E-state index is 0.0852. The molecule has 6 atom stereocenters. The van der Waals surface area contributed by atoms with E-state index in [1.54, 1.807) is 0 Å². The molecule has 2 heterocycles. The number of hydrogen-bond donors (Lipinski definition) is 2. The van der Waals surface area contributed by atoms with E-state index in [2.05, 4.69) is 129 Å². The molecule has 52 heavy (non-hydrogen) atoms. The predicted octanol–water partition coefficient (Wildman–Crippen LogP) is 11.7. The monoisotopic (exact) mass is 698 g/mol. The topological polar surface area (TPSA) is 65.7 Å². The third-order valence-corrected chi connectivity index (χ3v) is 16.4. The fourth-order valence-corrected chi connectivity index (χ4v) is 13.8. The molecule has 0 unspecified atom stereocenters. The summed E-state index contributed by atoms with van der Waals surface area (Å²) in [6, 6.07) is 13.5. The minimum atomic E-state index is -0.123. The van der Waals surface area contributed by atoms with E-state index in [-0.39, 0.29) is 44.3 Å². The Morgan fingerprint density at radius 2 is 0.904 bits per heavy atom. The van der Waals surface area contributed by atoms with E-state index >= 15 is 0 Å². The van der Waals surface area contributed by atoms with E-state index in [9.17, 15) is 9.59 Å². The zero-order valence-corrected chi connectivity index (χ0v) is 34.0. The van der Waals surface area contributed by atoms with Crippen LogP contribution in [0, 0.1) is 34.5 Å². The number of carbonyl (C=O) groups excluding carboxylic acids is 2. The first-order valence-electron chi connectivity index (χ1n) is 20.5. The predicted molar refractivity (Wildman–Crippen MR) is 213 cm³/mol. The summed E-state index contributed by atoms with van der Waals surface area (Å²) in [6.07, 6.45) is 6.05. The standard InChI is InChI=1S/2C24H31NO/c2*1-22(2)11-10-14-18-19-17-13(24(14,5)6)8-7-9-15(17)25-21(19)23(3,4)12-16(26)20(18)22/h2*7-9,14,18,20,25H,10-12H2,1-6H3/t2*14-,18-,20+/m00/s1.